The van der Waals surface area contributed by atoms with E-state index in [1.54, 1.807) is 13.0 Å². The van der Waals surface area contributed by atoms with Crippen LogP contribution >= 0.6 is 23.6 Å². The molecule has 0 fully saturated rings. The fourth-order valence-corrected chi connectivity index (χ4v) is 4.48. The minimum Gasteiger partial charge on any atom is -0.462 e. The number of esters is 1. The van der Waals surface area contributed by atoms with Crippen molar-refractivity contribution in [3.8, 4) is 0 Å². The Morgan fingerprint density at radius 1 is 1.26 bits per heavy atom. The zero-order valence-corrected chi connectivity index (χ0v) is 16.5. The number of anilines is 1. The molecule has 1 heterocycles. The number of thiocarbonyl (C=S) groups is 1. The lowest BCUT2D eigenvalue weighted by molar-refractivity contribution is -0.115. The highest BCUT2D eigenvalue weighted by Crippen LogP contribution is 2.39. The molecule has 0 spiro atoms. The first-order chi connectivity index (χ1) is 13.1. The fourth-order valence-electron chi connectivity index (χ4n) is 2.94. The highest BCUT2D eigenvalue weighted by Gasteiger charge is 2.27. The maximum Gasteiger partial charge on any atom is 0.341 e. The van der Waals surface area contributed by atoms with E-state index >= 15 is 0 Å². The molecule has 0 atom stereocenters. The molecule has 0 saturated heterocycles. The lowest BCUT2D eigenvalue weighted by Gasteiger charge is -2.10. The Kier molecular flexibility index (Phi) is 6.36. The fraction of sp³-hybridized carbons (Fsp3) is 0.250. The summed E-state index contributed by atoms with van der Waals surface area (Å²) in [4.78, 5) is 25.6. The van der Waals surface area contributed by atoms with Gasteiger partial charge in [-0.3, -0.25) is 10.1 Å². The average Bonchev–Trinajstić information content (AvgIpc) is 3.21. The van der Waals surface area contributed by atoms with E-state index in [-0.39, 0.29) is 17.0 Å². The van der Waals surface area contributed by atoms with E-state index in [0.717, 1.165) is 30.4 Å². The van der Waals surface area contributed by atoms with Gasteiger partial charge in [-0.15, -0.1) is 11.3 Å². The van der Waals surface area contributed by atoms with Crippen LogP contribution in [0.1, 0.15) is 39.7 Å². The number of carbonyl (C=O) groups is 2. The molecule has 0 aliphatic heterocycles. The summed E-state index contributed by atoms with van der Waals surface area (Å²) in [7, 11) is 0. The second kappa shape index (κ2) is 8.92. The molecule has 1 amide bonds. The van der Waals surface area contributed by atoms with Crippen LogP contribution in [-0.2, 0) is 22.4 Å². The molecular weight excluding hydrogens is 380 g/mol. The number of benzene rings is 1. The molecule has 2 N–H and O–H groups in total. The highest BCUT2D eigenvalue weighted by molar-refractivity contribution is 7.80. The number of aryl methyl sites for hydroxylation is 1. The first-order valence-corrected chi connectivity index (χ1v) is 9.97. The Hall–Kier alpha value is -2.51. The molecule has 0 radical (unpaired) electrons. The SMILES string of the molecule is CCOC(=O)c1c(NC(=S)NC(=O)C=Cc2ccccc2)sc2c1CCC2. The van der Waals surface area contributed by atoms with Crippen LogP contribution in [0.3, 0.4) is 0 Å². The van der Waals surface area contributed by atoms with E-state index in [4.69, 9.17) is 17.0 Å². The van der Waals surface area contributed by atoms with Crippen LogP contribution in [0.5, 0.6) is 0 Å². The molecule has 7 heteroatoms. The van der Waals surface area contributed by atoms with Gasteiger partial charge in [0.1, 0.15) is 5.00 Å². The minimum absolute atomic E-state index is 0.156. The quantitative estimate of drug-likeness (QED) is 0.452. The third kappa shape index (κ3) is 4.81. The molecule has 1 aliphatic rings. The number of carbonyl (C=O) groups excluding carboxylic acids is 2. The largest absolute Gasteiger partial charge is 0.462 e. The van der Waals surface area contributed by atoms with Crippen molar-refractivity contribution >= 4 is 51.6 Å². The van der Waals surface area contributed by atoms with Crippen LogP contribution in [0.4, 0.5) is 5.00 Å². The normalized spacial score (nSPS) is 12.6. The first-order valence-electron chi connectivity index (χ1n) is 8.75. The summed E-state index contributed by atoms with van der Waals surface area (Å²) < 4.78 is 5.19. The molecule has 3 rings (SSSR count). The lowest BCUT2D eigenvalue weighted by atomic mass is 10.1. The third-order valence-corrected chi connectivity index (χ3v) is 5.50. The number of ether oxygens (including phenoxy) is 1. The average molecular weight is 401 g/mol. The van der Waals surface area contributed by atoms with Gasteiger partial charge in [-0.25, -0.2) is 4.79 Å². The van der Waals surface area contributed by atoms with Crippen molar-refractivity contribution < 1.29 is 14.3 Å². The van der Waals surface area contributed by atoms with Gasteiger partial charge in [-0.05, 0) is 55.6 Å². The number of hydrogen-bond acceptors (Lipinski definition) is 5. The van der Waals surface area contributed by atoms with Crippen LogP contribution in [0, 0.1) is 0 Å². The molecule has 5 nitrogen and oxygen atoms in total. The molecule has 0 bridgehead atoms. The number of hydrogen-bond donors (Lipinski definition) is 2. The van der Waals surface area contributed by atoms with Gasteiger partial charge in [0.15, 0.2) is 5.11 Å². The topological polar surface area (TPSA) is 67.4 Å². The molecule has 1 aromatic heterocycles. The summed E-state index contributed by atoms with van der Waals surface area (Å²) in [6, 6.07) is 9.52. The van der Waals surface area contributed by atoms with Crippen LogP contribution in [0.2, 0.25) is 0 Å². The number of rotatable bonds is 5. The Bertz CT molecular complexity index is 888. The predicted octanol–water partition coefficient (Wildman–Crippen LogP) is 3.94. The predicted molar refractivity (Wildman–Crippen MR) is 112 cm³/mol. The Labute approximate surface area is 167 Å². The zero-order valence-electron chi connectivity index (χ0n) is 14.9. The summed E-state index contributed by atoms with van der Waals surface area (Å²) in [6.07, 6.45) is 5.98. The molecule has 0 unspecified atom stereocenters. The lowest BCUT2D eigenvalue weighted by Crippen LogP contribution is -2.33. The standard InChI is InChI=1S/C20H20N2O3S2/c1-2-25-19(24)17-14-9-6-10-15(14)27-18(17)22-20(26)21-16(23)12-11-13-7-4-3-5-8-13/h3-5,7-8,11-12H,2,6,9-10H2,1H3,(H2,21,22,23,26). The van der Waals surface area contributed by atoms with E-state index in [9.17, 15) is 9.59 Å². The molecule has 27 heavy (non-hydrogen) atoms. The van der Waals surface area contributed by atoms with Crippen molar-refractivity contribution in [2.24, 2.45) is 0 Å². The Balaban J connectivity index is 1.66. The van der Waals surface area contributed by atoms with Crippen LogP contribution in [0.25, 0.3) is 6.08 Å². The third-order valence-electron chi connectivity index (χ3n) is 4.09. The van der Waals surface area contributed by atoms with E-state index in [1.807, 2.05) is 30.3 Å². The summed E-state index contributed by atoms with van der Waals surface area (Å²) in [5.74, 6) is -0.685. The molecule has 140 valence electrons. The summed E-state index contributed by atoms with van der Waals surface area (Å²) in [5.41, 5.74) is 2.51. The Morgan fingerprint density at radius 3 is 2.78 bits per heavy atom. The van der Waals surface area contributed by atoms with Gasteiger partial charge in [-0.1, -0.05) is 30.3 Å². The van der Waals surface area contributed by atoms with Gasteiger partial charge in [-0.2, -0.15) is 0 Å². The van der Waals surface area contributed by atoms with Crippen molar-refractivity contribution in [1.29, 1.82) is 0 Å². The van der Waals surface area contributed by atoms with Gasteiger partial charge in [0.05, 0.1) is 12.2 Å². The summed E-state index contributed by atoms with van der Waals surface area (Å²) >= 11 is 6.74. The van der Waals surface area contributed by atoms with Gasteiger partial charge in [0.2, 0.25) is 5.91 Å². The summed E-state index contributed by atoms with van der Waals surface area (Å²) in [5, 5.41) is 6.39. The van der Waals surface area contributed by atoms with Crippen molar-refractivity contribution in [2.75, 3.05) is 11.9 Å². The van der Waals surface area contributed by atoms with Crippen molar-refractivity contribution in [3.05, 3.63) is 58.0 Å². The van der Waals surface area contributed by atoms with Crippen LogP contribution in [0.15, 0.2) is 36.4 Å². The second-order valence-electron chi connectivity index (χ2n) is 5.97. The molecular formula is C20H20N2O3S2. The van der Waals surface area contributed by atoms with Crippen LogP contribution < -0.4 is 10.6 Å². The highest BCUT2D eigenvalue weighted by atomic mass is 32.1. The number of nitrogens with one attached hydrogen (secondary N) is 2. The number of amides is 1. The molecule has 0 saturated carbocycles. The van der Waals surface area contributed by atoms with Gasteiger partial charge >= 0.3 is 5.97 Å². The van der Waals surface area contributed by atoms with E-state index in [1.165, 1.54) is 22.3 Å². The van der Waals surface area contributed by atoms with Gasteiger partial charge in [0, 0.05) is 11.0 Å². The maximum atomic E-state index is 12.4. The van der Waals surface area contributed by atoms with E-state index < -0.39 is 0 Å². The Morgan fingerprint density at radius 2 is 2.04 bits per heavy atom. The minimum atomic E-state index is -0.350. The van der Waals surface area contributed by atoms with Crippen molar-refractivity contribution in [2.45, 2.75) is 26.2 Å². The molecule has 2 aromatic rings. The second-order valence-corrected chi connectivity index (χ2v) is 7.48. The summed E-state index contributed by atoms with van der Waals surface area (Å²) in [6.45, 7) is 2.09. The number of thiophene rings is 1. The van der Waals surface area contributed by atoms with Crippen molar-refractivity contribution in [1.82, 2.24) is 5.32 Å². The maximum absolute atomic E-state index is 12.4. The molecule has 1 aliphatic carbocycles. The van der Waals surface area contributed by atoms with Crippen LogP contribution in [-0.4, -0.2) is 23.6 Å². The molecule has 1 aromatic carbocycles. The van der Waals surface area contributed by atoms with E-state index in [2.05, 4.69) is 10.6 Å². The van der Waals surface area contributed by atoms with E-state index in [0.29, 0.717) is 17.2 Å². The van der Waals surface area contributed by atoms with Gasteiger partial charge < -0.3 is 10.1 Å². The zero-order chi connectivity index (χ0) is 19.2. The monoisotopic (exact) mass is 400 g/mol. The smallest absolute Gasteiger partial charge is 0.341 e. The first kappa shape index (κ1) is 19.3. The van der Waals surface area contributed by atoms with Crippen molar-refractivity contribution in [3.63, 3.8) is 0 Å². The number of fused-ring (bicyclic) bond motifs is 1. The van der Waals surface area contributed by atoms with Gasteiger partial charge in [0.25, 0.3) is 0 Å².